The molecule has 0 aliphatic carbocycles. The summed E-state index contributed by atoms with van der Waals surface area (Å²) >= 11 is 3.44. The van der Waals surface area contributed by atoms with Gasteiger partial charge in [0.2, 0.25) is 0 Å². The standard InChI is InChI=1S/C25H20BrN3O3/c1-17-7-8-18(15-22(17)28-24(30)23-6-4-14-32-23)25(31)29(16-20-5-2-3-13-27-20)21-11-9-19(26)10-12-21/h2-15H,16H2,1H3,(H,28,30). The molecule has 4 rings (SSSR count). The van der Waals surface area contributed by atoms with Crippen LogP contribution in [0.1, 0.15) is 32.2 Å². The van der Waals surface area contributed by atoms with E-state index in [4.69, 9.17) is 4.42 Å². The van der Waals surface area contributed by atoms with Crippen LogP contribution >= 0.6 is 15.9 Å². The van der Waals surface area contributed by atoms with Crippen molar-refractivity contribution >= 4 is 39.1 Å². The van der Waals surface area contributed by atoms with Crippen LogP contribution in [0.15, 0.2) is 94.1 Å². The highest BCUT2D eigenvalue weighted by atomic mass is 79.9. The summed E-state index contributed by atoms with van der Waals surface area (Å²) in [5.41, 5.74) is 3.34. The first kappa shape index (κ1) is 21.5. The minimum Gasteiger partial charge on any atom is -0.459 e. The Morgan fingerprint density at radius 3 is 2.53 bits per heavy atom. The summed E-state index contributed by atoms with van der Waals surface area (Å²) in [4.78, 5) is 32.0. The predicted molar refractivity (Wildman–Crippen MR) is 127 cm³/mol. The number of aryl methyl sites for hydroxylation is 1. The second-order valence-corrected chi connectivity index (χ2v) is 8.07. The number of hydrogen-bond donors (Lipinski definition) is 1. The van der Waals surface area contributed by atoms with Gasteiger partial charge in [-0.05, 0) is 73.2 Å². The fourth-order valence-corrected chi connectivity index (χ4v) is 3.46. The number of nitrogens with zero attached hydrogens (tertiary/aromatic N) is 2. The number of rotatable bonds is 6. The lowest BCUT2D eigenvalue weighted by molar-refractivity contribution is 0.0979. The minimum absolute atomic E-state index is 0.202. The number of amides is 2. The highest BCUT2D eigenvalue weighted by Gasteiger charge is 2.20. The summed E-state index contributed by atoms with van der Waals surface area (Å²) in [7, 11) is 0. The highest BCUT2D eigenvalue weighted by molar-refractivity contribution is 9.10. The Hall–Kier alpha value is -3.71. The Kier molecular flexibility index (Phi) is 6.47. The normalized spacial score (nSPS) is 10.6. The number of aromatic nitrogens is 1. The Labute approximate surface area is 194 Å². The summed E-state index contributed by atoms with van der Waals surface area (Å²) in [5, 5.41) is 2.82. The van der Waals surface area contributed by atoms with Crippen LogP contribution < -0.4 is 10.2 Å². The Bertz CT molecular complexity index is 1220. The van der Waals surface area contributed by atoms with Crippen molar-refractivity contribution in [2.75, 3.05) is 10.2 Å². The van der Waals surface area contributed by atoms with Gasteiger partial charge in [-0.15, -0.1) is 0 Å². The van der Waals surface area contributed by atoms with E-state index in [0.717, 1.165) is 21.4 Å². The van der Waals surface area contributed by atoms with E-state index in [1.807, 2.05) is 55.5 Å². The Morgan fingerprint density at radius 2 is 1.84 bits per heavy atom. The molecule has 2 heterocycles. The number of carbonyl (C=O) groups is 2. The summed E-state index contributed by atoms with van der Waals surface area (Å²) in [6, 6.07) is 21.6. The summed E-state index contributed by atoms with van der Waals surface area (Å²) < 4.78 is 6.08. The number of hydrogen-bond acceptors (Lipinski definition) is 4. The molecular weight excluding hydrogens is 470 g/mol. The molecule has 0 bridgehead atoms. The molecular formula is C25H20BrN3O3. The van der Waals surface area contributed by atoms with Crippen molar-refractivity contribution in [2.45, 2.75) is 13.5 Å². The molecule has 4 aromatic rings. The summed E-state index contributed by atoms with van der Waals surface area (Å²) in [5.74, 6) is -0.375. The second kappa shape index (κ2) is 9.62. The van der Waals surface area contributed by atoms with Crippen LogP contribution in [0.4, 0.5) is 11.4 Å². The van der Waals surface area contributed by atoms with Gasteiger partial charge in [-0.1, -0.05) is 28.1 Å². The van der Waals surface area contributed by atoms with Crippen LogP contribution in [0, 0.1) is 6.92 Å². The van der Waals surface area contributed by atoms with Gasteiger partial charge in [0.15, 0.2) is 5.76 Å². The molecule has 0 fully saturated rings. The zero-order valence-corrected chi connectivity index (χ0v) is 18.9. The van der Waals surface area contributed by atoms with Gasteiger partial charge in [0.1, 0.15) is 0 Å². The number of nitrogens with one attached hydrogen (secondary N) is 1. The van der Waals surface area contributed by atoms with Gasteiger partial charge < -0.3 is 14.6 Å². The van der Waals surface area contributed by atoms with Gasteiger partial charge in [0, 0.05) is 27.6 Å². The molecule has 7 heteroatoms. The third-order valence-electron chi connectivity index (χ3n) is 4.91. The molecule has 2 aromatic carbocycles. The summed E-state index contributed by atoms with van der Waals surface area (Å²) in [6.45, 7) is 2.18. The average molecular weight is 490 g/mol. The van der Waals surface area contributed by atoms with Gasteiger partial charge in [-0.3, -0.25) is 14.6 Å². The number of furan rings is 1. The molecule has 0 radical (unpaired) electrons. The predicted octanol–water partition coefficient (Wildman–Crippen LogP) is 5.84. The number of carbonyl (C=O) groups excluding carboxylic acids is 2. The van der Waals surface area contributed by atoms with E-state index < -0.39 is 0 Å². The number of pyridine rings is 1. The molecule has 2 amide bonds. The quantitative estimate of drug-likeness (QED) is 0.368. The van der Waals surface area contributed by atoms with Crippen LogP contribution in [-0.2, 0) is 6.54 Å². The summed E-state index contributed by atoms with van der Waals surface area (Å²) in [6.07, 6.45) is 3.14. The molecule has 0 saturated carbocycles. The molecule has 0 saturated heterocycles. The molecule has 6 nitrogen and oxygen atoms in total. The van der Waals surface area contributed by atoms with E-state index in [1.165, 1.54) is 6.26 Å². The van der Waals surface area contributed by atoms with Crippen molar-refractivity contribution < 1.29 is 14.0 Å². The van der Waals surface area contributed by atoms with E-state index in [2.05, 4.69) is 26.2 Å². The fourth-order valence-electron chi connectivity index (χ4n) is 3.19. The van der Waals surface area contributed by atoms with Crippen LogP contribution in [-0.4, -0.2) is 16.8 Å². The monoisotopic (exact) mass is 489 g/mol. The Morgan fingerprint density at radius 1 is 1.03 bits per heavy atom. The van der Waals surface area contributed by atoms with Crippen LogP contribution in [0.3, 0.4) is 0 Å². The van der Waals surface area contributed by atoms with Gasteiger partial charge in [-0.25, -0.2) is 0 Å². The van der Waals surface area contributed by atoms with Crippen LogP contribution in [0.5, 0.6) is 0 Å². The maximum Gasteiger partial charge on any atom is 0.291 e. The Balaban J connectivity index is 1.65. The van der Waals surface area contributed by atoms with Crippen molar-refractivity contribution in [1.82, 2.24) is 4.98 Å². The van der Waals surface area contributed by atoms with Crippen LogP contribution in [0.2, 0.25) is 0 Å². The van der Waals surface area contributed by atoms with E-state index >= 15 is 0 Å². The van der Waals surface area contributed by atoms with Crippen LogP contribution in [0.25, 0.3) is 0 Å². The SMILES string of the molecule is Cc1ccc(C(=O)N(Cc2ccccn2)c2ccc(Br)cc2)cc1NC(=O)c1ccco1. The van der Waals surface area contributed by atoms with E-state index in [-0.39, 0.29) is 17.6 Å². The lowest BCUT2D eigenvalue weighted by Crippen LogP contribution is -2.31. The average Bonchev–Trinajstić information content (AvgIpc) is 3.35. The van der Waals surface area contributed by atoms with Gasteiger partial charge >= 0.3 is 0 Å². The van der Waals surface area contributed by atoms with Crippen molar-refractivity contribution in [3.8, 4) is 0 Å². The fraction of sp³-hybridized carbons (Fsp3) is 0.0800. The second-order valence-electron chi connectivity index (χ2n) is 7.15. The van der Waals surface area contributed by atoms with E-state index in [0.29, 0.717) is 17.8 Å². The van der Waals surface area contributed by atoms with Crippen molar-refractivity contribution in [3.63, 3.8) is 0 Å². The molecule has 2 aromatic heterocycles. The molecule has 0 aliphatic rings. The molecule has 0 atom stereocenters. The van der Waals surface area contributed by atoms with Gasteiger partial charge in [-0.2, -0.15) is 0 Å². The highest BCUT2D eigenvalue weighted by Crippen LogP contribution is 2.25. The van der Waals surface area contributed by atoms with Gasteiger partial charge in [0.05, 0.1) is 18.5 Å². The smallest absolute Gasteiger partial charge is 0.291 e. The largest absolute Gasteiger partial charge is 0.459 e. The molecule has 160 valence electrons. The molecule has 0 aliphatic heterocycles. The maximum atomic E-state index is 13.6. The minimum atomic E-state index is -0.374. The first-order valence-corrected chi connectivity index (χ1v) is 10.7. The van der Waals surface area contributed by atoms with Crippen molar-refractivity contribution in [1.29, 1.82) is 0 Å². The third-order valence-corrected chi connectivity index (χ3v) is 5.44. The lowest BCUT2D eigenvalue weighted by atomic mass is 10.1. The number of anilines is 2. The lowest BCUT2D eigenvalue weighted by Gasteiger charge is -2.23. The van der Waals surface area contributed by atoms with E-state index in [1.54, 1.807) is 35.4 Å². The third kappa shape index (κ3) is 4.95. The molecule has 0 unspecified atom stereocenters. The van der Waals surface area contributed by atoms with Crippen molar-refractivity contribution in [2.24, 2.45) is 0 Å². The number of halogens is 1. The maximum absolute atomic E-state index is 13.6. The van der Waals surface area contributed by atoms with Gasteiger partial charge in [0.25, 0.3) is 11.8 Å². The molecule has 0 spiro atoms. The zero-order chi connectivity index (χ0) is 22.5. The molecule has 32 heavy (non-hydrogen) atoms. The van der Waals surface area contributed by atoms with E-state index in [9.17, 15) is 9.59 Å². The first-order valence-electron chi connectivity index (χ1n) is 9.94. The van der Waals surface area contributed by atoms with Crippen molar-refractivity contribution in [3.05, 3.63) is 112 Å². The first-order chi connectivity index (χ1) is 15.5. The zero-order valence-electron chi connectivity index (χ0n) is 17.3. The topological polar surface area (TPSA) is 75.4 Å². The number of benzene rings is 2. The molecule has 1 N–H and O–H groups in total.